The van der Waals surface area contributed by atoms with Gasteiger partial charge in [0.1, 0.15) is 6.61 Å². The van der Waals surface area contributed by atoms with Crippen LogP contribution in [0, 0.1) is 0 Å². The highest BCUT2D eigenvalue weighted by Crippen LogP contribution is 1.75. The summed E-state index contributed by atoms with van der Waals surface area (Å²) in [5.41, 5.74) is 0. The van der Waals surface area contributed by atoms with E-state index in [-0.39, 0.29) is 19.2 Å². The number of hydrogen-bond acceptors (Lipinski definition) is 4. The molecule has 0 atom stereocenters. The highest BCUT2D eigenvalue weighted by atomic mass is 16.5. The van der Waals surface area contributed by atoms with Crippen LogP contribution in [0.4, 0.5) is 4.79 Å². The molecular formula is C9H19N3O4. The van der Waals surface area contributed by atoms with E-state index in [1.165, 1.54) is 0 Å². The van der Waals surface area contributed by atoms with Crippen molar-refractivity contribution < 1.29 is 19.4 Å². The molecule has 0 fully saturated rings. The van der Waals surface area contributed by atoms with Crippen molar-refractivity contribution in [2.24, 2.45) is 0 Å². The smallest absolute Gasteiger partial charge is 0.329 e. The summed E-state index contributed by atoms with van der Waals surface area (Å²) in [7, 11) is 1.85. The van der Waals surface area contributed by atoms with Gasteiger partial charge in [-0.05, 0) is 20.0 Å². The normalized spacial score (nSPS) is 9.81. The van der Waals surface area contributed by atoms with Crippen LogP contribution in [0.1, 0.15) is 6.42 Å². The number of rotatable bonds is 9. The number of urea groups is 1. The molecule has 0 aliphatic carbocycles. The molecule has 0 radical (unpaired) electrons. The lowest BCUT2D eigenvalue weighted by molar-refractivity contribution is -0.142. The molecule has 0 heterocycles. The molecule has 16 heavy (non-hydrogen) atoms. The first-order valence-electron chi connectivity index (χ1n) is 5.12. The number of amides is 2. The van der Waals surface area contributed by atoms with Gasteiger partial charge >= 0.3 is 12.0 Å². The van der Waals surface area contributed by atoms with Crippen LogP contribution in [0.15, 0.2) is 0 Å². The number of aliphatic carboxylic acids is 1. The topological polar surface area (TPSA) is 99.7 Å². The van der Waals surface area contributed by atoms with Gasteiger partial charge in [0.2, 0.25) is 0 Å². The van der Waals surface area contributed by atoms with Crippen LogP contribution in [0.2, 0.25) is 0 Å². The molecule has 0 saturated heterocycles. The molecule has 0 bridgehead atoms. The van der Waals surface area contributed by atoms with E-state index in [1.807, 2.05) is 7.05 Å². The van der Waals surface area contributed by atoms with E-state index in [2.05, 4.69) is 16.0 Å². The lowest BCUT2D eigenvalue weighted by Crippen LogP contribution is -2.38. The molecule has 4 N–H and O–H groups in total. The van der Waals surface area contributed by atoms with Crippen molar-refractivity contribution in [3.63, 3.8) is 0 Å². The number of carbonyl (C=O) groups is 2. The van der Waals surface area contributed by atoms with Gasteiger partial charge in [0.05, 0.1) is 6.61 Å². The Hall–Kier alpha value is -1.34. The van der Waals surface area contributed by atoms with E-state index >= 15 is 0 Å². The van der Waals surface area contributed by atoms with Crippen molar-refractivity contribution in [1.29, 1.82) is 0 Å². The van der Waals surface area contributed by atoms with Gasteiger partial charge in [-0.1, -0.05) is 0 Å². The fourth-order valence-electron chi connectivity index (χ4n) is 0.926. The van der Waals surface area contributed by atoms with Gasteiger partial charge in [-0.25, -0.2) is 9.59 Å². The SMILES string of the molecule is CNCCCNC(=O)NCCOCC(=O)O. The van der Waals surface area contributed by atoms with E-state index in [0.717, 1.165) is 13.0 Å². The Labute approximate surface area is 94.5 Å². The minimum atomic E-state index is -1.02. The van der Waals surface area contributed by atoms with Crippen LogP contribution in [0.5, 0.6) is 0 Å². The molecule has 94 valence electrons. The van der Waals surface area contributed by atoms with Crippen molar-refractivity contribution in [2.45, 2.75) is 6.42 Å². The van der Waals surface area contributed by atoms with Gasteiger partial charge in [0, 0.05) is 13.1 Å². The van der Waals surface area contributed by atoms with Crippen molar-refractivity contribution in [3.8, 4) is 0 Å². The van der Waals surface area contributed by atoms with Gasteiger partial charge in [-0.3, -0.25) is 0 Å². The fourth-order valence-corrected chi connectivity index (χ4v) is 0.926. The number of nitrogens with one attached hydrogen (secondary N) is 3. The Kier molecular flexibility index (Phi) is 9.33. The van der Waals surface area contributed by atoms with Crippen molar-refractivity contribution in [1.82, 2.24) is 16.0 Å². The van der Waals surface area contributed by atoms with E-state index in [1.54, 1.807) is 0 Å². The van der Waals surface area contributed by atoms with Gasteiger partial charge in [0.25, 0.3) is 0 Å². The Balaban J connectivity index is 3.20. The molecule has 0 aliphatic rings. The highest BCUT2D eigenvalue weighted by molar-refractivity contribution is 5.73. The van der Waals surface area contributed by atoms with E-state index < -0.39 is 5.97 Å². The average molecular weight is 233 g/mol. The zero-order valence-corrected chi connectivity index (χ0v) is 9.41. The number of carboxylic acids is 1. The summed E-state index contributed by atoms with van der Waals surface area (Å²) >= 11 is 0. The number of carboxylic acid groups (broad SMARTS) is 1. The quantitative estimate of drug-likeness (QED) is 0.383. The maximum atomic E-state index is 11.1. The number of carbonyl (C=O) groups excluding carboxylic acids is 1. The van der Waals surface area contributed by atoms with E-state index in [9.17, 15) is 9.59 Å². The molecule has 0 aromatic rings. The first-order valence-corrected chi connectivity index (χ1v) is 5.12. The predicted octanol–water partition coefficient (Wildman–Crippen LogP) is -1.00. The highest BCUT2D eigenvalue weighted by Gasteiger charge is 1.99. The molecule has 7 nitrogen and oxygen atoms in total. The zero-order valence-electron chi connectivity index (χ0n) is 9.41. The first-order chi connectivity index (χ1) is 7.66. The Bertz CT molecular complexity index is 211. The third-order valence-corrected chi connectivity index (χ3v) is 1.65. The van der Waals surface area contributed by atoms with Crippen LogP contribution in [0.3, 0.4) is 0 Å². The van der Waals surface area contributed by atoms with Crippen LogP contribution in [0.25, 0.3) is 0 Å². The van der Waals surface area contributed by atoms with Crippen LogP contribution >= 0.6 is 0 Å². The third-order valence-electron chi connectivity index (χ3n) is 1.65. The summed E-state index contributed by atoms with van der Waals surface area (Å²) in [6.45, 7) is 1.59. The summed E-state index contributed by atoms with van der Waals surface area (Å²) in [6, 6.07) is -0.268. The Morgan fingerprint density at radius 1 is 1.19 bits per heavy atom. The standard InChI is InChI=1S/C9H19N3O4/c1-10-3-2-4-11-9(15)12-5-6-16-7-8(13)14/h10H,2-7H2,1H3,(H,13,14)(H2,11,12,15). The van der Waals surface area contributed by atoms with Gasteiger partial charge in [-0.2, -0.15) is 0 Å². The Morgan fingerprint density at radius 3 is 2.50 bits per heavy atom. The van der Waals surface area contributed by atoms with Crippen molar-refractivity contribution in [2.75, 3.05) is 39.9 Å². The summed E-state index contributed by atoms with van der Waals surface area (Å²) < 4.78 is 4.74. The first kappa shape index (κ1) is 14.7. The van der Waals surface area contributed by atoms with Crippen LogP contribution in [-0.4, -0.2) is 57.0 Å². The molecule has 0 aromatic carbocycles. The monoisotopic (exact) mass is 233 g/mol. The molecule has 0 rings (SSSR count). The lowest BCUT2D eigenvalue weighted by atomic mass is 10.4. The van der Waals surface area contributed by atoms with Gasteiger partial charge < -0.3 is 25.8 Å². The second kappa shape index (κ2) is 10.2. The van der Waals surface area contributed by atoms with E-state index in [0.29, 0.717) is 13.1 Å². The minimum absolute atomic E-state index is 0.191. The molecule has 0 aliphatic heterocycles. The minimum Gasteiger partial charge on any atom is -0.480 e. The van der Waals surface area contributed by atoms with Crippen LogP contribution < -0.4 is 16.0 Å². The number of ether oxygens (including phenoxy) is 1. The van der Waals surface area contributed by atoms with E-state index in [4.69, 9.17) is 9.84 Å². The van der Waals surface area contributed by atoms with Crippen molar-refractivity contribution in [3.05, 3.63) is 0 Å². The summed E-state index contributed by atoms with van der Waals surface area (Å²) in [5, 5.41) is 16.4. The second-order valence-corrected chi connectivity index (χ2v) is 3.09. The summed E-state index contributed by atoms with van der Waals surface area (Å²) in [4.78, 5) is 21.2. The molecule has 0 aromatic heterocycles. The third kappa shape index (κ3) is 10.7. The van der Waals surface area contributed by atoms with Crippen molar-refractivity contribution >= 4 is 12.0 Å². The molecule has 0 unspecified atom stereocenters. The molecule has 2 amide bonds. The summed E-state index contributed by atoms with van der Waals surface area (Å²) in [6.07, 6.45) is 0.861. The van der Waals surface area contributed by atoms with Gasteiger partial charge in [-0.15, -0.1) is 0 Å². The lowest BCUT2D eigenvalue weighted by Gasteiger charge is -2.07. The molecular weight excluding hydrogens is 214 g/mol. The fraction of sp³-hybridized carbons (Fsp3) is 0.778. The maximum Gasteiger partial charge on any atom is 0.329 e. The zero-order chi connectivity index (χ0) is 12.2. The maximum absolute atomic E-state index is 11.1. The van der Waals surface area contributed by atoms with Gasteiger partial charge in [0.15, 0.2) is 0 Å². The number of hydrogen-bond donors (Lipinski definition) is 4. The van der Waals surface area contributed by atoms with Crippen LogP contribution in [-0.2, 0) is 9.53 Å². The molecule has 0 saturated carbocycles. The Morgan fingerprint density at radius 2 is 1.88 bits per heavy atom. The molecule has 7 heteroatoms. The summed E-state index contributed by atoms with van der Waals surface area (Å²) in [5.74, 6) is -1.02. The second-order valence-electron chi connectivity index (χ2n) is 3.09. The average Bonchev–Trinajstić information content (AvgIpc) is 2.23. The predicted molar refractivity (Wildman–Crippen MR) is 58.4 cm³/mol. The molecule has 0 spiro atoms. The largest absolute Gasteiger partial charge is 0.480 e.